The lowest BCUT2D eigenvalue weighted by molar-refractivity contribution is 1.07. The third-order valence-corrected chi connectivity index (χ3v) is 2.69. The van der Waals surface area contributed by atoms with Crippen LogP contribution in [-0.2, 0) is 12.8 Å². The molecule has 0 fully saturated rings. The number of hydrogen-bond acceptors (Lipinski definition) is 1. The van der Waals surface area contributed by atoms with E-state index in [0.717, 1.165) is 18.5 Å². The first kappa shape index (κ1) is 11.5. The average Bonchev–Trinajstić information content (AvgIpc) is 2.39. The highest BCUT2D eigenvalue weighted by atomic mass is 14.6. The fourth-order valence-corrected chi connectivity index (χ4v) is 1.77. The number of hydrogen-bond donors (Lipinski definition) is 1. The van der Waals surface area contributed by atoms with Gasteiger partial charge in [-0.1, -0.05) is 66.7 Å². The van der Waals surface area contributed by atoms with E-state index in [1.165, 1.54) is 11.1 Å². The van der Waals surface area contributed by atoms with Crippen molar-refractivity contribution in [1.29, 1.82) is 0 Å². The third-order valence-electron chi connectivity index (χ3n) is 2.69. The van der Waals surface area contributed by atoms with Crippen LogP contribution >= 0.6 is 0 Å². The SMILES string of the molecule is N/C(=C\Cc1ccccc1)Cc1ccccc1. The topological polar surface area (TPSA) is 26.0 Å². The van der Waals surface area contributed by atoms with Gasteiger partial charge >= 0.3 is 0 Å². The van der Waals surface area contributed by atoms with E-state index in [1.807, 2.05) is 24.3 Å². The van der Waals surface area contributed by atoms with Crippen molar-refractivity contribution in [2.24, 2.45) is 5.73 Å². The van der Waals surface area contributed by atoms with E-state index in [1.54, 1.807) is 0 Å². The van der Waals surface area contributed by atoms with Gasteiger partial charge < -0.3 is 5.73 Å². The van der Waals surface area contributed by atoms with Gasteiger partial charge in [-0.2, -0.15) is 0 Å². The highest BCUT2D eigenvalue weighted by Gasteiger charge is 1.94. The van der Waals surface area contributed by atoms with Gasteiger partial charge in [0.05, 0.1) is 0 Å². The maximum Gasteiger partial charge on any atom is 0.0118 e. The summed E-state index contributed by atoms with van der Waals surface area (Å²) >= 11 is 0. The Bertz CT molecular complexity index is 471. The van der Waals surface area contributed by atoms with Crippen LogP contribution in [0.5, 0.6) is 0 Å². The van der Waals surface area contributed by atoms with Gasteiger partial charge in [-0.3, -0.25) is 0 Å². The van der Waals surface area contributed by atoms with Crippen LogP contribution in [0.15, 0.2) is 72.4 Å². The lowest BCUT2D eigenvalue weighted by atomic mass is 10.1. The Hall–Kier alpha value is -2.02. The average molecular weight is 223 g/mol. The Kier molecular flexibility index (Phi) is 3.98. The molecule has 0 bridgehead atoms. The minimum Gasteiger partial charge on any atom is -0.402 e. The minimum absolute atomic E-state index is 0.827. The van der Waals surface area contributed by atoms with Crippen LogP contribution in [0.2, 0.25) is 0 Å². The molecule has 0 amide bonds. The summed E-state index contributed by atoms with van der Waals surface area (Å²) in [4.78, 5) is 0. The monoisotopic (exact) mass is 223 g/mol. The van der Waals surface area contributed by atoms with Crippen molar-refractivity contribution < 1.29 is 0 Å². The Morgan fingerprint density at radius 1 is 0.824 bits per heavy atom. The summed E-state index contributed by atoms with van der Waals surface area (Å²) in [6, 6.07) is 20.7. The van der Waals surface area contributed by atoms with Gasteiger partial charge in [-0.25, -0.2) is 0 Å². The molecule has 0 saturated heterocycles. The van der Waals surface area contributed by atoms with Crippen LogP contribution in [0.3, 0.4) is 0 Å². The van der Waals surface area contributed by atoms with E-state index in [9.17, 15) is 0 Å². The third kappa shape index (κ3) is 3.80. The zero-order valence-corrected chi connectivity index (χ0v) is 9.84. The molecule has 0 heterocycles. The Morgan fingerprint density at radius 2 is 1.35 bits per heavy atom. The molecule has 17 heavy (non-hydrogen) atoms. The maximum atomic E-state index is 6.01. The van der Waals surface area contributed by atoms with Crippen LogP contribution in [-0.4, -0.2) is 0 Å². The molecule has 0 radical (unpaired) electrons. The van der Waals surface area contributed by atoms with E-state index in [4.69, 9.17) is 5.73 Å². The van der Waals surface area contributed by atoms with E-state index < -0.39 is 0 Å². The molecule has 1 nitrogen and oxygen atoms in total. The fraction of sp³-hybridized carbons (Fsp3) is 0.125. The standard InChI is InChI=1S/C16H17N/c17-16(13-15-9-5-2-6-10-15)12-11-14-7-3-1-4-8-14/h1-10,12H,11,13,17H2/b16-12-. The molecule has 1 heteroatoms. The molecule has 0 atom stereocenters. The van der Waals surface area contributed by atoms with Crippen molar-refractivity contribution in [3.05, 3.63) is 83.6 Å². The van der Waals surface area contributed by atoms with Crippen molar-refractivity contribution in [3.8, 4) is 0 Å². The first-order chi connectivity index (χ1) is 8.34. The molecule has 2 rings (SSSR count). The molecule has 2 aromatic carbocycles. The van der Waals surface area contributed by atoms with Gasteiger partial charge in [0.25, 0.3) is 0 Å². The number of benzene rings is 2. The smallest absolute Gasteiger partial charge is 0.0118 e. The molecule has 2 aromatic rings. The van der Waals surface area contributed by atoms with E-state index in [0.29, 0.717) is 0 Å². The van der Waals surface area contributed by atoms with Gasteiger partial charge in [0, 0.05) is 12.1 Å². The van der Waals surface area contributed by atoms with Crippen molar-refractivity contribution in [2.75, 3.05) is 0 Å². The summed E-state index contributed by atoms with van der Waals surface area (Å²) in [6.45, 7) is 0. The molecule has 86 valence electrons. The van der Waals surface area contributed by atoms with Crippen LogP contribution in [0, 0.1) is 0 Å². The van der Waals surface area contributed by atoms with Crippen LogP contribution in [0.1, 0.15) is 11.1 Å². The molecule has 2 N–H and O–H groups in total. The molecule has 0 spiro atoms. The van der Waals surface area contributed by atoms with Crippen LogP contribution < -0.4 is 5.73 Å². The lowest BCUT2D eigenvalue weighted by Gasteiger charge is -2.02. The van der Waals surface area contributed by atoms with Crippen LogP contribution in [0.25, 0.3) is 0 Å². The largest absolute Gasteiger partial charge is 0.402 e. The molecule has 0 saturated carbocycles. The van der Waals surface area contributed by atoms with Gasteiger partial charge in [0.15, 0.2) is 0 Å². The first-order valence-corrected chi connectivity index (χ1v) is 5.87. The summed E-state index contributed by atoms with van der Waals surface area (Å²) < 4.78 is 0. The van der Waals surface area contributed by atoms with E-state index >= 15 is 0 Å². The first-order valence-electron chi connectivity index (χ1n) is 5.87. The number of rotatable bonds is 4. The Labute approximate surface area is 103 Å². The second kappa shape index (κ2) is 5.90. The predicted octanol–water partition coefficient (Wildman–Crippen LogP) is 3.31. The molecule has 0 aromatic heterocycles. The second-order valence-electron chi connectivity index (χ2n) is 4.13. The summed E-state index contributed by atoms with van der Waals surface area (Å²) in [7, 11) is 0. The maximum absolute atomic E-state index is 6.01. The fourth-order valence-electron chi connectivity index (χ4n) is 1.77. The molecule has 0 aliphatic rings. The van der Waals surface area contributed by atoms with Gasteiger partial charge in [-0.05, 0) is 17.5 Å². The zero-order valence-electron chi connectivity index (χ0n) is 9.84. The Morgan fingerprint density at radius 3 is 1.94 bits per heavy atom. The van der Waals surface area contributed by atoms with Crippen molar-refractivity contribution in [3.63, 3.8) is 0 Å². The lowest BCUT2D eigenvalue weighted by Crippen LogP contribution is -2.02. The summed E-state index contributed by atoms with van der Waals surface area (Å²) in [5.41, 5.74) is 9.50. The molecular weight excluding hydrogens is 206 g/mol. The molecule has 0 aliphatic carbocycles. The summed E-state index contributed by atoms with van der Waals surface area (Å²) in [6.07, 6.45) is 3.83. The quantitative estimate of drug-likeness (QED) is 0.845. The normalized spacial score (nSPS) is 11.4. The van der Waals surface area contributed by atoms with Crippen molar-refractivity contribution in [2.45, 2.75) is 12.8 Å². The Balaban J connectivity index is 1.94. The predicted molar refractivity (Wildman–Crippen MR) is 72.6 cm³/mol. The summed E-state index contributed by atoms with van der Waals surface area (Å²) in [5, 5.41) is 0. The van der Waals surface area contributed by atoms with Crippen molar-refractivity contribution in [1.82, 2.24) is 0 Å². The minimum atomic E-state index is 0.827. The number of nitrogens with two attached hydrogens (primary N) is 1. The van der Waals surface area contributed by atoms with Gasteiger partial charge in [-0.15, -0.1) is 0 Å². The number of allylic oxidation sites excluding steroid dienone is 2. The van der Waals surface area contributed by atoms with Gasteiger partial charge in [0.1, 0.15) is 0 Å². The van der Waals surface area contributed by atoms with Gasteiger partial charge in [0.2, 0.25) is 0 Å². The molecule has 0 aliphatic heterocycles. The highest BCUT2D eigenvalue weighted by Crippen LogP contribution is 2.06. The van der Waals surface area contributed by atoms with E-state index in [-0.39, 0.29) is 0 Å². The van der Waals surface area contributed by atoms with Crippen LogP contribution in [0.4, 0.5) is 0 Å². The highest BCUT2D eigenvalue weighted by molar-refractivity contribution is 5.23. The van der Waals surface area contributed by atoms with E-state index in [2.05, 4.69) is 42.5 Å². The summed E-state index contributed by atoms with van der Waals surface area (Å²) in [5.74, 6) is 0. The molecule has 0 unspecified atom stereocenters. The molecular formula is C16H17N. The zero-order chi connectivity index (χ0) is 11.9. The second-order valence-corrected chi connectivity index (χ2v) is 4.13. The van der Waals surface area contributed by atoms with Crippen molar-refractivity contribution >= 4 is 0 Å².